The Labute approximate surface area is 104 Å². The Balaban J connectivity index is 2.27. The fraction of sp³-hybridized carbons (Fsp3) is 0.600. The van der Waals surface area contributed by atoms with E-state index in [1.807, 2.05) is 7.05 Å². The number of aryl methyl sites for hydroxylation is 1. The van der Waals surface area contributed by atoms with Crippen molar-refractivity contribution >= 4 is 0 Å². The molecular weight excluding hydrogens is 210 g/mol. The molecule has 0 saturated carbocycles. The fourth-order valence-corrected chi connectivity index (χ4v) is 2.90. The van der Waals surface area contributed by atoms with Gasteiger partial charge in [0.05, 0.1) is 7.11 Å². The van der Waals surface area contributed by atoms with Crippen molar-refractivity contribution in [3.8, 4) is 5.75 Å². The van der Waals surface area contributed by atoms with Crippen LogP contribution >= 0.6 is 0 Å². The molecule has 2 heteroatoms. The van der Waals surface area contributed by atoms with Crippen LogP contribution in [-0.2, 0) is 6.42 Å². The third kappa shape index (κ3) is 2.63. The van der Waals surface area contributed by atoms with Crippen LogP contribution in [0.2, 0.25) is 0 Å². The Morgan fingerprint density at radius 1 is 1.41 bits per heavy atom. The van der Waals surface area contributed by atoms with Gasteiger partial charge < -0.3 is 10.1 Å². The van der Waals surface area contributed by atoms with Crippen LogP contribution in [0.4, 0.5) is 0 Å². The van der Waals surface area contributed by atoms with Gasteiger partial charge in [0, 0.05) is 0 Å². The Morgan fingerprint density at radius 2 is 2.24 bits per heavy atom. The van der Waals surface area contributed by atoms with E-state index >= 15 is 0 Å². The molecule has 0 spiro atoms. The summed E-state index contributed by atoms with van der Waals surface area (Å²) in [6.45, 7) is 3.47. The van der Waals surface area contributed by atoms with Crippen LogP contribution in [0.3, 0.4) is 0 Å². The average molecular weight is 233 g/mol. The maximum atomic E-state index is 5.35. The number of methoxy groups -OCH3 is 1. The molecule has 2 unspecified atom stereocenters. The molecule has 1 N–H and O–H groups in total. The van der Waals surface area contributed by atoms with E-state index in [-0.39, 0.29) is 0 Å². The number of hydrogen-bond acceptors (Lipinski definition) is 2. The number of fused-ring (bicyclic) bond motifs is 1. The molecule has 0 saturated heterocycles. The first-order valence-corrected chi connectivity index (χ1v) is 6.57. The molecule has 0 heterocycles. The van der Waals surface area contributed by atoms with Gasteiger partial charge in [-0.2, -0.15) is 0 Å². The van der Waals surface area contributed by atoms with Crippen molar-refractivity contribution in [2.45, 2.75) is 32.1 Å². The summed E-state index contributed by atoms with van der Waals surface area (Å²) in [6.07, 6.45) is 3.75. The van der Waals surface area contributed by atoms with Gasteiger partial charge in [-0.15, -0.1) is 0 Å². The van der Waals surface area contributed by atoms with Crippen molar-refractivity contribution in [1.82, 2.24) is 5.32 Å². The number of benzene rings is 1. The fourth-order valence-electron chi connectivity index (χ4n) is 2.90. The van der Waals surface area contributed by atoms with Gasteiger partial charge in [-0.1, -0.05) is 13.0 Å². The lowest BCUT2D eigenvalue weighted by Gasteiger charge is -2.31. The SMILES string of the molecule is CNCCC1c2cc(OC)ccc2CCC1C. The largest absolute Gasteiger partial charge is 0.497 e. The van der Waals surface area contributed by atoms with Crippen LogP contribution in [0.25, 0.3) is 0 Å². The quantitative estimate of drug-likeness (QED) is 0.863. The minimum absolute atomic E-state index is 0.682. The summed E-state index contributed by atoms with van der Waals surface area (Å²) < 4.78 is 5.35. The summed E-state index contributed by atoms with van der Waals surface area (Å²) in [7, 11) is 3.77. The molecule has 0 aromatic heterocycles. The molecule has 1 aromatic rings. The van der Waals surface area contributed by atoms with Crippen LogP contribution in [0.15, 0.2) is 18.2 Å². The molecule has 0 fully saturated rings. The highest BCUT2D eigenvalue weighted by molar-refractivity contribution is 5.40. The lowest BCUT2D eigenvalue weighted by atomic mass is 9.74. The van der Waals surface area contributed by atoms with Gasteiger partial charge in [-0.3, -0.25) is 0 Å². The van der Waals surface area contributed by atoms with Crippen molar-refractivity contribution < 1.29 is 4.74 Å². The second kappa shape index (κ2) is 5.54. The predicted octanol–water partition coefficient (Wildman–Crippen LogP) is 2.97. The zero-order valence-corrected chi connectivity index (χ0v) is 11.1. The molecule has 0 bridgehead atoms. The van der Waals surface area contributed by atoms with Crippen LogP contribution in [0.5, 0.6) is 5.75 Å². The number of hydrogen-bond donors (Lipinski definition) is 1. The normalized spacial score (nSPS) is 23.2. The topological polar surface area (TPSA) is 21.3 Å². The molecule has 0 amide bonds. The molecule has 0 radical (unpaired) electrons. The average Bonchev–Trinajstić information content (AvgIpc) is 2.37. The highest BCUT2D eigenvalue weighted by Crippen LogP contribution is 2.39. The van der Waals surface area contributed by atoms with Crippen molar-refractivity contribution in [1.29, 1.82) is 0 Å². The highest BCUT2D eigenvalue weighted by Gasteiger charge is 2.26. The van der Waals surface area contributed by atoms with E-state index < -0.39 is 0 Å². The van der Waals surface area contributed by atoms with Crippen LogP contribution < -0.4 is 10.1 Å². The molecular formula is C15H23NO. The standard InChI is InChI=1S/C15H23NO/c1-11-4-5-12-6-7-13(17-3)10-15(12)14(11)8-9-16-2/h6-7,10-11,14,16H,4-5,8-9H2,1-3H3. The third-order valence-corrected chi connectivity index (χ3v) is 4.01. The van der Waals surface area contributed by atoms with E-state index in [9.17, 15) is 0 Å². The van der Waals surface area contributed by atoms with Gasteiger partial charge in [-0.05, 0) is 68.0 Å². The Bertz CT molecular complexity index is 375. The first-order valence-electron chi connectivity index (χ1n) is 6.57. The van der Waals surface area contributed by atoms with E-state index in [0.29, 0.717) is 5.92 Å². The monoisotopic (exact) mass is 233 g/mol. The first-order chi connectivity index (χ1) is 8.26. The van der Waals surface area contributed by atoms with Crippen molar-refractivity contribution in [2.24, 2.45) is 5.92 Å². The van der Waals surface area contributed by atoms with Gasteiger partial charge >= 0.3 is 0 Å². The molecule has 1 aliphatic rings. The first kappa shape index (κ1) is 12.4. The molecule has 1 aliphatic carbocycles. The molecule has 2 atom stereocenters. The van der Waals surface area contributed by atoms with Gasteiger partial charge in [0.2, 0.25) is 0 Å². The maximum absolute atomic E-state index is 5.35. The molecule has 1 aromatic carbocycles. The summed E-state index contributed by atoms with van der Waals surface area (Å²) in [5.74, 6) is 2.46. The van der Waals surface area contributed by atoms with Gasteiger partial charge in [0.1, 0.15) is 5.75 Å². The Morgan fingerprint density at radius 3 is 2.94 bits per heavy atom. The zero-order chi connectivity index (χ0) is 12.3. The Kier molecular flexibility index (Phi) is 4.06. The van der Waals surface area contributed by atoms with Gasteiger partial charge in [0.25, 0.3) is 0 Å². The highest BCUT2D eigenvalue weighted by atomic mass is 16.5. The second-order valence-electron chi connectivity index (χ2n) is 5.08. The van der Waals surface area contributed by atoms with E-state index in [2.05, 4.69) is 30.4 Å². The number of rotatable bonds is 4. The zero-order valence-electron chi connectivity index (χ0n) is 11.1. The molecule has 17 heavy (non-hydrogen) atoms. The van der Waals surface area contributed by atoms with E-state index in [4.69, 9.17) is 4.74 Å². The summed E-state index contributed by atoms with van der Waals surface area (Å²) in [5, 5.41) is 3.26. The van der Waals surface area contributed by atoms with Gasteiger partial charge in [0.15, 0.2) is 0 Å². The van der Waals surface area contributed by atoms with Crippen LogP contribution in [0, 0.1) is 5.92 Å². The summed E-state index contributed by atoms with van der Waals surface area (Å²) in [4.78, 5) is 0. The van der Waals surface area contributed by atoms with Crippen LogP contribution in [-0.4, -0.2) is 20.7 Å². The summed E-state index contributed by atoms with van der Waals surface area (Å²) in [5.41, 5.74) is 3.03. The molecule has 0 aliphatic heterocycles. The lowest BCUT2D eigenvalue weighted by Crippen LogP contribution is -2.22. The van der Waals surface area contributed by atoms with E-state index in [1.54, 1.807) is 7.11 Å². The Hall–Kier alpha value is -1.02. The molecule has 2 rings (SSSR count). The lowest BCUT2D eigenvalue weighted by molar-refractivity contribution is 0.374. The second-order valence-corrected chi connectivity index (χ2v) is 5.08. The van der Waals surface area contributed by atoms with Crippen molar-refractivity contribution in [3.63, 3.8) is 0 Å². The van der Waals surface area contributed by atoms with E-state index in [1.165, 1.54) is 30.4 Å². The van der Waals surface area contributed by atoms with Crippen molar-refractivity contribution in [3.05, 3.63) is 29.3 Å². The van der Waals surface area contributed by atoms with Crippen molar-refractivity contribution in [2.75, 3.05) is 20.7 Å². The minimum Gasteiger partial charge on any atom is -0.497 e. The minimum atomic E-state index is 0.682. The summed E-state index contributed by atoms with van der Waals surface area (Å²) in [6, 6.07) is 6.57. The molecule has 2 nitrogen and oxygen atoms in total. The maximum Gasteiger partial charge on any atom is 0.119 e. The van der Waals surface area contributed by atoms with Gasteiger partial charge in [-0.25, -0.2) is 0 Å². The number of ether oxygens (including phenoxy) is 1. The van der Waals surface area contributed by atoms with E-state index in [0.717, 1.165) is 18.2 Å². The van der Waals surface area contributed by atoms with Crippen LogP contribution in [0.1, 0.15) is 36.8 Å². The smallest absolute Gasteiger partial charge is 0.119 e. The molecule has 94 valence electrons. The third-order valence-electron chi connectivity index (χ3n) is 4.01. The predicted molar refractivity (Wildman–Crippen MR) is 71.8 cm³/mol. The summed E-state index contributed by atoms with van der Waals surface area (Å²) >= 11 is 0. The number of nitrogens with one attached hydrogen (secondary N) is 1.